The fraction of sp³-hybridized carbons (Fsp3) is 0.208. The van der Waals surface area contributed by atoms with Crippen molar-refractivity contribution < 1.29 is 4.79 Å². The fourth-order valence-electron chi connectivity index (χ4n) is 3.99. The number of hydrogen-bond acceptors (Lipinski definition) is 5. The summed E-state index contributed by atoms with van der Waals surface area (Å²) < 4.78 is 0. The molecule has 0 aliphatic carbocycles. The molecule has 0 bridgehead atoms. The number of carbonyl (C=O) groups excluding carboxylic acids is 1. The molecule has 0 spiro atoms. The van der Waals surface area contributed by atoms with Crippen LogP contribution in [0.2, 0.25) is 0 Å². The molecular formula is C24H22N4OS. The maximum Gasteiger partial charge on any atom is 0.276 e. The highest BCUT2D eigenvalue weighted by Gasteiger charge is 2.14. The van der Waals surface area contributed by atoms with Crippen LogP contribution in [0.4, 0.5) is 5.13 Å². The van der Waals surface area contributed by atoms with Crippen LogP contribution in [-0.4, -0.2) is 33.9 Å². The van der Waals surface area contributed by atoms with Gasteiger partial charge in [-0.3, -0.25) is 15.0 Å². The molecule has 3 heterocycles. The molecule has 1 aliphatic heterocycles. The largest absolute Gasteiger partial charge is 0.299 e. The molecule has 1 fully saturated rings. The molecule has 4 aromatic rings. The van der Waals surface area contributed by atoms with E-state index in [9.17, 15) is 4.79 Å². The number of fused-ring (bicyclic) bond motifs is 1. The van der Waals surface area contributed by atoms with E-state index in [1.54, 1.807) is 12.3 Å². The van der Waals surface area contributed by atoms with Gasteiger partial charge in [0.25, 0.3) is 5.91 Å². The number of para-hydroxylation sites is 1. The minimum Gasteiger partial charge on any atom is -0.299 e. The lowest BCUT2D eigenvalue weighted by Gasteiger charge is -2.15. The predicted octanol–water partition coefficient (Wildman–Crippen LogP) is 5.21. The molecule has 1 saturated heterocycles. The molecule has 2 aromatic heterocycles. The van der Waals surface area contributed by atoms with Crippen LogP contribution in [0.3, 0.4) is 0 Å². The van der Waals surface area contributed by atoms with Gasteiger partial charge in [0.15, 0.2) is 5.13 Å². The van der Waals surface area contributed by atoms with Gasteiger partial charge in [-0.2, -0.15) is 0 Å². The number of rotatable bonds is 5. The number of amides is 1. The lowest BCUT2D eigenvalue weighted by molar-refractivity contribution is 0.102. The van der Waals surface area contributed by atoms with E-state index in [-0.39, 0.29) is 5.91 Å². The third kappa shape index (κ3) is 3.97. The first-order valence-corrected chi connectivity index (χ1v) is 11.1. The molecule has 0 atom stereocenters. The molecule has 1 amide bonds. The van der Waals surface area contributed by atoms with Gasteiger partial charge in [-0.05, 0) is 49.2 Å². The van der Waals surface area contributed by atoms with Crippen LogP contribution in [0.1, 0.15) is 28.9 Å². The zero-order valence-electron chi connectivity index (χ0n) is 16.5. The first-order valence-electron chi connectivity index (χ1n) is 10.2. The summed E-state index contributed by atoms with van der Waals surface area (Å²) in [6, 6.07) is 18.5. The van der Waals surface area contributed by atoms with E-state index in [1.165, 1.54) is 42.8 Å². The number of aromatic nitrogens is 2. The lowest BCUT2D eigenvalue weighted by atomic mass is 9.99. The number of thiazole rings is 1. The molecule has 0 saturated carbocycles. The second-order valence-corrected chi connectivity index (χ2v) is 8.44. The van der Waals surface area contributed by atoms with E-state index in [0.29, 0.717) is 10.8 Å². The molecule has 0 radical (unpaired) electrons. The van der Waals surface area contributed by atoms with Crippen LogP contribution in [0, 0.1) is 0 Å². The van der Waals surface area contributed by atoms with Crippen molar-refractivity contribution in [3.05, 3.63) is 77.4 Å². The lowest BCUT2D eigenvalue weighted by Crippen LogP contribution is -2.18. The highest BCUT2D eigenvalue weighted by molar-refractivity contribution is 7.13. The predicted molar refractivity (Wildman–Crippen MR) is 122 cm³/mol. The molecule has 1 aliphatic rings. The Bertz CT molecular complexity index is 1180. The maximum absolute atomic E-state index is 12.6. The van der Waals surface area contributed by atoms with Crippen molar-refractivity contribution in [2.45, 2.75) is 19.4 Å². The van der Waals surface area contributed by atoms with Crippen LogP contribution in [0.25, 0.3) is 22.0 Å². The Balaban J connectivity index is 1.49. The summed E-state index contributed by atoms with van der Waals surface area (Å²) in [4.78, 5) is 24.0. The molecule has 1 N–H and O–H groups in total. The third-order valence-electron chi connectivity index (χ3n) is 5.45. The van der Waals surface area contributed by atoms with Crippen molar-refractivity contribution in [3.8, 4) is 11.1 Å². The standard InChI is InChI=1S/C24H22N4OS/c29-23(27-24-25-11-14-30-24)21-10-9-18-6-4-8-20(22(18)26-21)19-7-3-5-17(15-19)16-28-12-1-2-13-28/h3-11,14-15H,1-2,12-13,16H2,(H,25,27,29). The normalized spacial score (nSPS) is 14.3. The Labute approximate surface area is 179 Å². The molecule has 0 unspecified atom stereocenters. The van der Waals surface area contributed by atoms with Crippen molar-refractivity contribution >= 4 is 33.3 Å². The Morgan fingerprint density at radius 3 is 2.77 bits per heavy atom. The van der Waals surface area contributed by atoms with E-state index in [0.717, 1.165) is 28.6 Å². The minimum atomic E-state index is -0.246. The van der Waals surface area contributed by atoms with Crippen LogP contribution < -0.4 is 5.32 Å². The van der Waals surface area contributed by atoms with Gasteiger partial charge in [0.2, 0.25) is 0 Å². The number of benzene rings is 2. The van der Waals surface area contributed by atoms with Gasteiger partial charge in [-0.15, -0.1) is 11.3 Å². The summed E-state index contributed by atoms with van der Waals surface area (Å²) in [5.74, 6) is -0.246. The number of nitrogens with one attached hydrogen (secondary N) is 1. The number of carbonyl (C=O) groups is 1. The van der Waals surface area contributed by atoms with Crippen molar-refractivity contribution in [1.29, 1.82) is 0 Å². The van der Waals surface area contributed by atoms with E-state index in [4.69, 9.17) is 4.98 Å². The number of anilines is 1. The van der Waals surface area contributed by atoms with Gasteiger partial charge < -0.3 is 0 Å². The molecule has 6 heteroatoms. The topological polar surface area (TPSA) is 58.1 Å². The van der Waals surface area contributed by atoms with Crippen molar-refractivity contribution in [2.24, 2.45) is 0 Å². The van der Waals surface area contributed by atoms with Crippen LogP contribution >= 0.6 is 11.3 Å². The first-order chi connectivity index (χ1) is 14.8. The zero-order valence-corrected chi connectivity index (χ0v) is 17.4. The maximum atomic E-state index is 12.6. The van der Waals surface area contributed by atoms with E-state index in [1.807, 2.05) is 23.6 Å². The van der Waals surface area contributed by atoms with Crippen molar-refractivity contribution in [1.82, 2.24) is 14.9 Å². The SMILES string of the molecule is O=C(Nc1nccs1)c1ccc2cccc(-c3cccc(CN4CCCC4)c3)c2n1. The smallest absolute Gasteiger partial charge is 0.276 e. The Hall–Kier alpha value is -3.09. The van der Waals surface area contributed by atoms with Gasteiger partial charge in [0.05, 0.1) is 5.52 Å². The minimum absolute atomic E-state index is 0.246. The Morgan fingerprint density at radius 2 is 1.93 bits per heavy atom. The molecule has 2 aromatic carbocycles. The quantitative estimate of drug-likeness (QED) is 0.487. The van der Waals surface area contributed by atoms with Gasteiger partial charge in [-0.25, -0.2) is 9.97 Å². The second-order valence-electron chi connectivity index (χ2n) is 7.55. The summed E-state index contributed by atoms with van der Waals surface area (Å²) in [7, 11) is 0. The van der Waals surface area contributed by atoms with E-state index in [2.05, 4.69) is 45.5 Å². The average molecular weight is 415 g/mol. The highest BCUT2D eigenvalue weighted by Crippen LogP contribution is 2.29. The number of pyridine rings is 1. The van der Waals surface area contributed by atoms with Gasteiger partial charge in [0, 0.05) is 29.1 Å². The van der Waals surface area contributed by atoms with Gasteiger partial charge in [-0.1, -0.05) is 42.5 Å². The van der Waals surface area contributed by atoms with Crippen LogP contribution in [0.5, 0.6) is 0 Å². The second kappa shape index (κ2) is 8.34. The van der Waals surface area contributed by atoms with E-state index >= 15 is 0 Å². The molecular weight excluding hydrogens is 392 g/mol. The zero-order chi connectivity index (χ0) is 20.3. The van der Waals surface area contributed by atoms with Gasteiger partial charge in [0.1, 0.15) is 5.69 Å². The monoisotopic (exact) mass is 414 g/mol. The van der Waals surface area contributed by atoms with Crippen molar-refractivity contribution in [3.63, 3.8) is 0 Å². The number of nitrogens with zero attached hydrogens (tertiary/aromatic N) is 3. The molecule has 30 heavy (non-hydrogen) atoms. The Morgan fingerprint density at radius 1 is 1.07 bits per heavy atom. The summed E-state index contributed by atoms with van der Waals surface area (Å²) in [6.07, 6.45) is 4.25. The first kappa shape index (κ1) is 18.9. The summed E-state index contributed by atoms with van der Waals surface area (Å²) in [5, 5.41) is 6.23. The van der Waals surface area contributed by atoms with Gasteiger partial charge >= 0.3 is 0 Å². The highest BCUT2D eigenvalue weighted by atomic mass is 32.1. The fourth-order valence-corrected chi connectivity index (χ4v) is 4.51. The van der Waals surface area contributed by atoms with Crippen LogP contribution in [-0.2, 0) is 6.54 Å². The summed E-state index contributed by atoms with van der Waals surface area (Å²) in [5.41, 5.74) is 4.70. The third-order valence-corrected chi connectivity index (χ3v) is 6.14. The van der Waals surface area contributed by atoms with Crippen LogP contribution in [0.15, 0.2) is 66.2 Å². The van der Waals surface area contributed by atoms with Crippen molar-refractivity contribution in [2.75, 3.05) is 18.4 Å². The number of likely N-dealkylation sites (tertiary alicyclic amines) is 1. The summed E-state index contributed by atoms with van der Waals surface area (Å²) in [6.45, 7) is 3.34. The Kier molecular flexibility index (Phi) is 5.26. The molecule has 5 nitrogen and oxygen atoms in total. The average Bonchev–Trinajstić information content (AvgIpc) is 3.47. The number of hydrogen-bond donors (Lipinski definition) is 1. The molecule has 150 valence electrons. The molecule has 5 rings (SSSR count). The summed E-state index contributed by atoms with van der Waals surface area (Å²) >= 11 is 1.39. The van der Waals surface area contributed by atoms with E-state index < -0.39 is 0 Å².